The molecule has 3 rings (SSSR count). The Kier molecular flexibility index (Phi) is 3.90. The number of aromatic nitrogens is 3. The predicted octanol–water partition coefficient (Wildman–Crippen LogP) is 1.30. The van der Waals surface area contributed by atoms with Gasteiger partial charge in [0, 0.05) is 6.04 Å². The number of amides is 1. The standard InChI is InChI=1S/C14H16N4O4/c19-11(15-9-4-1-2-5-9)8-18-13(10-6-3-7-22-10)12(14(20)21)16-17-18/h3,6-7,9H,1-2,4-5,8H2,(H,15,19)(H,20,21). The highest BCUT2D eigenvalue weighted by Crippen LogP contribution is 2.23. The number of aromatic carboxylic acids is 1. The molecule has 0 atom stereocenters. The van der Waals surface area contributed by atoms with Crippen molar-refractivity contribution in [3.05, 3.63) is 24.1 Å². The van der Waals surface area contributed by atoms with Gasteiger partial charge >= 0.3 is 5.97 Å². The molecule has 2 heterocycles. The van der Waals surface area contributed by atoms with E-state index in [4.69, 9.17) is 4.42 Å². The van der Waals surface area contributed by atoms with Crippen LogP contribution in [0.5, 0.6) is 0 Å². The zero-order valence-corrected chi connectivity index (χ0v) is 11.9. The summed E-state index contributed by atoms with van der Waals surface area (Å²) in [5.74, 6) is -1.11. The molecular weight excluding hydrogens is 288 g/mol. The van der Waals surface area contributed by atoms with E-state index in [-0.39, 0.29) is 29.9 Å². The van der Waals surface area contributed by atoms with Crippen LogP contribution in [0.3, 0.4) is 0 Å². The molecule has 8 heteroatoms. The van der Waals surface area contributed by atoms with Crippen LogP contribution in [0.4, 0.5) is 0 Å². The van der Waals surface area contributed by atoms with Crippen LogP contribution in [-0.4, -0.2) is 38.0 Å². The molecule has 2 aromatic rings. The first-order valence-corrected chi connectivity index (χ1v) is 7.15. The van der Waals surface area contributed by atoms with E-state index in [9.17, 15) is 14.7 Å². The third-order valence-corrected chi connectivity index (χ3v) is 3.71. The van der Waals surface area contributed by atoms with Crippen LogP contribution in [0.1, 0.15) is 36.2 Å². The number of carbonyl (C=O) groups is 2. The van der Waals surface area contributed by atoms with E-state index in [1.807, 2.05) is 0 Å². The van der Waals surface area contributed by atoms with Crippen molar-refractivity contribution in [2.45, 2.75) is 38.3 Å². The van der Waals surface area contributed by atoms with Gasteiger partial charge in [-0.3, -0.25) is 4.79 Å². The van der Waals surface area contributed by atoms with Crippen molar-refractivity contribution in [1.82, 2.24) is 20.3 Å². The molecule has 0 saturated heterocycles. The SMILES string of the molecule is O=C(Cn1nnc(C(=O)O)c1-c1ccco1)NC1CCCC1. The van der Waals surface area contributed by atoms with Gasteiger partial charge in [0.2, 0.25) is 11.6 Å². The molecule has 0 aliphatic heterocycles. The van der Waals surface area contributed by atoms with Gasteiger partial charge in [0.05, 0.1) is 6.26 Å². The first-order chi connectivity index (χ1) is 10.6. The average molecular weight is 304 g/mol. The summed E-state index contributed by atoms with van der Waals surface area (Å²) in [4.78, 5) is 23.3. The molecule has 1 aliphatic carbocycles. The summed E-state index contributed by atoms with van der Waals surface area (Å²) < 4.78 is 6.49. The predicted molar refractivity (Wildman–Crippen MR) is 75.1 cm³/mol. The van der Waals surface area contributed by atoms with Crippen LogP contribution < -0.4 is 5.32 Å². The molecule has 22 heavy (non-hydrogen) atoms. The number of nitrogens with one attached hydrogen (secondary N) is 1. The number of furan rings is 1. The summed E-state index contributed by atoms with van der Waals surface area (Å²) in [6.45, 7) is -0.0905. The second-order valence-electron chi connectivity index (χ2n) is 5.28. The van der Waals surface area contributed by atoms with E-state index in [1.165, 1.54) is 10.9 Å². The maximum atomic E-state index is 12.1. The lowest BCUT2D eigenvalue weighted by Gasteiger charge is -2.12. The summed E-state index contributed by atoms with van der Waals surface area (Å²) in [6, 6.07) is 3.44. The van der Waals surface area contributed by atoms with Crippen LogP contribution in [0.15, 0.2) is 22.8 Å². The first-order valence-electron chi connectivity index (χ1n) is 7.15. The lowest BCUT2D eigenvalue weighted by molar-refractivity contribution is -0.122. The number of hydrogen-bond donors (Lipinski definition) is 2. The molecule has 1 aliphatic rings. The molecule has 116 valence electrons. The van der Waals surface area contributed by atoms with Gasteiger partial charge < -0.3 is 14.8 Å². The second-order valence-corrected chi connectivity index (χ2v) is 5.28. The third-order valence-electron chi connectivity index (χ3n) is 3.71. The molecule has 2 aromatic heterocycles. The molecular formula is C14H16N4O4. The van der Waals surface area contributed by atoms with Gasteiger partial charge in [0.1, 0.15) is 12.2 Å². The van der Waals surface area contributed by atoms with E-state index in [0.29, 0.717) is 5.76 Å². The summed E-state index contributed by atoms with van der Waals surface area (Å²) in [5, 5.41) is 19.5. The molecule has 0 unspecified atom stereocenters. The van der Waals surface area contributed by atoms with Crippen molar-refractivity contribution >= 4 is 11.9 Å². The molecule has 0 bridgehead atoms. The van der Waals surface area contributed by atoms with Crippen LogP contribution in [0, 0.1) is 0 Å². The van der Waals surface area contributed by atoms with Crippen molar-refractivity contribution in [3.8, 4) is 11.5 Å². The van der Waals surface area contributed by atoms with Crippen molar-refractivity contribution in [1.29, 1.82) is 0 Å². The van der Waals surface area contributed by atoms with Gasteiger partial charge in [0.25, 0.3) is 0 Å². The van der Waals surface area contributed by atoms with Gasteiger partial charge in [-0.1, -0.05) is 18.1 Å². The molecule has 8 nitrogen and oxygen atoms in total. The monoisotopic (exact) mass is 304 g/mol. The third kappa shape index (κ3) is 2.85. The zero-order chi connectivity index (χ0) is 15.5. The Bertz CT molecular complexity index is 671. The number of rotatable bonds is 5. The molecule has 1 saturated carbocycles. The Morgan fingerprint density at radius 1 is 1.41 bits per heavy atom. The normalized spacial score (nSPS) is 15.1. The Morgan fingerprint density at radius 3 is 2.82 bits per heavy atom. The summed E-state index contributed by atoms with van der Waals surface area (Å²) in [7, 11) is 0. The Balaban J connectivity index is 1.81. The highest BCUT2D eigenvalue weighted by molar-refractivity contribution is 5.92. The van der Waals surface area contributed by atoms with E-state index in [0.717, 1.165) is 25.7 Å². The maximum absolute atomic E-state index is 12.1. The molecule has 2 N–H and O–H groups in total. The van der Waals surface area contributed by atoms with Gasteiger partial charge in [-0.15, -0.1) is 5.10 Å². The van der Waals surface area contributed by atoms with E-state index in [2.05, 4.69) is 15.6 Å². The minimum atomic E-state index is -1.21. The van der Waals surface area contributed by atoms with Crippen molar-refractivity contribution < 1.29 is 19.1 Å². The summed E-state index contributed by atoms with van der Waals surface area (Å²) in [6.07, 6.45) is 5.63. The minimum Gasteiger partial charge on any atom is -0.476 e. The number of carboxylic acids is 1. The fraction of sp³-hybridized carbons (Fsp3) is 0.429. The molecule has 0 spiro atoms. The quantitative estimate of drug-likeness (QED) is 0.861. The average Bonchev–Trinajstić information content (AvgIpc) is 3.18. The number of carboxylic acid groups (broad SMARTS) is 1. The fourth-order valence-corrected chi connectivity index (χ4v) is 2.70. The van der Waals surface area contributed by atoms with E-state index >= 15 is 0 Å². The fourth-order valence-electron chi connectivity index (χ4n) is 2.70. The number of carbonyl (C=O) groups excluding carboxylic acids is 1. The topological polar surface area (TPSA) is 110 Å². The van der Waals surface area contributed by atoms with Crippen molar-refractivity contribution in [2.24, 2.45) is 0 Å². The van der Waals surface area contributed by atoms with Crippen LogP contribution in [-0.2, 0) is 11.3 Å². The summed E-state index contributed by atoms with van der Waals surface area (Å²) in [5.41, 5.74) is -0.0392. The summed E-state index contributed by atoms with van der Waals surface area (Å²) >= 11 is 0. The molecule has 0 radical (unpaired) electrons. The Labute approximate surface area is 126 Å². The van der Waals surface area contributed by atoms with Gasteiger partial charge in [-0.05, 0) is 25.0 Å². The lowest BCUT2D eigenvalue weighted by atomic mass is 10.2. The van der Waals surface area contributed by atoms with Crippen LogP contribution >= 0.6 is 0 Å². The number of nitrogens with zero attached hydrogens (tertiary/aromatic N) is 3. The van der Waals surface area contributed by atoms with Crippen LogP contribution in [0.2, 0.25) is 0 Å². The maximum Gasteiger partial charge on any atom is 0.358 e. The molecule has 1 amide bonds. The Hall–Kier alpha value is -2.64. The zero-order valence-electron chi connectivity index (χ0n) is 11.9. The Morgan fingerprint density at radius 2 is 2.18 bits per heavy atom. The lowest BCUT2D eigenvalue weighted by Crippen LogP contribution is -2.35. The smallest absolute Gasteiger partial charge is 0.358 e. The molecule has 1 fully saturated rings. The van der Waals surface area contributed by atoms with Crippen LogP contribution in [0.25, 0.3) is 11.5 Å². The molecule has 0 aromatic carbocycles. The minimum absolute atomic E-state index is 0.0905. The van der Waals surface area contributed by atoms with E-state index < -0.39 is 5.97 Å². The van der Waals surface area contributed by atoms with Crippen molar-refractivity contribution in [2.75, 3.05) is 0 Å². The van der Waals surface area contributed by atoms with E-state index in [1.54, 1.807) is 12.1 Å². The first kappa shape index (κ1) is 14.3. The van der Waals surface area contributed by atoms with Gasteiger partial charge in [0.15, 0.2) is 5.76 Å². The second kappa shape index (κ2) is 6.00. The number of hydrogen-bond acceptors (Lipinski definition) is 5. The van der Waals surface area contributed by atoms with Gasteiger partial charge in [-0.2, -0.15) is 0 Å². The van der Waals surface area contributed by atoms with Crippen molar-refractivity contribution in [3.63, 3.8) is 0 Å². The largest absolute Gasteiger partial charge is 0.476 e. The highest BCUT2D eigenvalue weighted by Gasteiger charge is 2.24. The van der Waals surface area contributed by atoms with Gasteiger partial charge in [-0.25, -0.2) is 9.48 Å². The highest BCUT2D eigenvalue weighted by atomic mass is 16.4.